The standard InChI is InChI=1S/C11H19FN4O2/c1-15(2)6-3-4-13-5-7-16-8-9(12)10(17)14-11(16)18/h8,13H,3-7H2,1-2H3,(H,14,17,18). The van der Waals surface area contributed by atoms with E-state index in [1.807, 2.05) is 19.1 Å². The van der Waals surface area contributed by atoms with Crippen molar-refractivity contribution < 1.29 is 4.39 Å². The molecule has 0 aliphatic rings. The maximum Gasteiger partial charge on any atom is 0.328 e. The Morgan fingerprint density at radius 3 is 2.78 bits per heavy atom. The third kappa shape index (κ3) is 4.80. The van der Waals surface area contributed by atoms with E-state index in [1.165, 1.54) is 0 Å². The van der Waals surface area contributed by atoms with Crippen molar-refractivity contribution in [2.24, 2.45) is 0 Å². The van der Waals surface area contributed by atoms with Crippen molar-refractivity contribution in [3.8, 4) is 0 Å². The van der Waals surface area contributed by atoms with Crippen LogP contribution in [0.3, 0.4) is 0 Å². The van der Waals surface area contributed by atoms with Crippen molar-refractivity contribution >= 4 is 0 Å². The van der Waals surface area contributed by atoms with Gasteiger partial charge in [0.2, 0.25) is 5.82 Å². The molecule has 0 saturated heterocycles. The van der Waals surface area contributed by atoms with E-state index in [2.05, 4.69) is 10.2 Å². The van der Waals surface area contributed by atoms with Gasteiger partial charge >= 0.3 is 5.69 Å². The highest BCUT2D eigenvalue weighted by Crippen LogP contribution is 1.84. The minimum absolute atomic E-state index is 0.328. The number of hydrogen-bond donors (Lipinski definition) is 2. The van der Waals surface area contributed by atoms with E-state index in [0.717, 1.165) is 30.3 Å². The average Bonchev–Trinajstić information content (AvgIpc) is 2.29. The van der Waals surface area contributed by atoms with E-state index >= 15 is 0 Å². The number of halogens is 1. The summed E-state index contributed by atoms with van der Waals surface area (Å²) in [7, 11) is 4.01. The van der Waals surface area contributed by atoms with Gasteiger partial charge in [-0.3, -0.25) is 14.3 Å². The van der Waals surface area contributed by atoms with Gasteiger partial charge in [-0.05, 0) is 33.6 Å². The zero-order valence-electron chi connectivity index (χ0n) is 10.7. The van der Waals surface area contributed by atoms with Crippen molar-refractivity contribution in [1.29, 1.82) is 0 Å². The molecule has 0 atom stereocenters. The summed E-state index contributed by atoms with van der Waals surface area (Å²) >= 11 is 0. The summed E-state index contributed by atoms with van der Waals surface area (Å²) < 4.78 is 14.1. The van der Waals surface area contributed by atoms with Gasteiger partial charge in [-0.2, -0.15) is 4.39 Å². The molecule has 0 aliphatic carbocycles. The fraction of sp³-hybridized carbons (Fsp3) is 0.636. The molecule has 7 heteroatoms. The van der Waals surface area contributed by atoms with Crippen LogP contribution in [0.1, 0.15) is 6.42 Å². The Hall–Kier alpha value is -1.47. The van der Waals surface area contributed by atoms with Crippen LogP contribution in [0.15, 0.2) is 15.8 Å². The fourth-order valence-electron chi connectivity index (χ4n) is 1.49. The summed E-state index contributed by atoms with van der Waals surface area (Å²) in [6.45, 7) is 2.70. The fourth-order valence-corrected chi connectivity index (χ4v) is 1.49. The lowest BCUT2D eigenvalue weighted by Gasteiger charge is -2.10. The molecule has 0 radical (unpaired) electrons. The molecule has 0 saturated carbocycles. The van der Waals surface area contributed by atoms with Crippen LogP contribution in [-0.4, -0.2) is 48.2 Å². The zero-order chi connectivity index (χ0) is 13.5. The monoisotopic (exact) mass is 258 g/mol. The number of nitrogens with zero attached hydrogens (tertiary/aromatic N) is 2. The predicted octanol–water partition coefficient (Wildman–Crippen LogP) is -0.783. The van der Waals surface area contributed by atoms with Gasteiger partial charge < -0.3 is 10.2 Å². The highest BCUT2D eigenvalue weighted by molar-refractivity contribution is 4.87. The number of H-pyrrole nitrogens is 1. The molecule has 0 bridgehead atoms. The van der Waals surface area contributed by atoms with Crippen LogP contribution in [0.25, 0.3) is 0 Å². The SMILES string of the molecule is CN(C)CCCNCCn1cc(F)c(=O)[nH]c1=O. The largest absolute Gasteiger partial charge is 0.328 e. The van der Waals surface area contributed by atoms with Crippen molar-refractivity contribution in [3.63, 3.8) is 0 Å². The normalized spacial score (nSPS) is 11.1. The Bertz CT molecular complexity index is 481. The van der Waals surface area contributed by atoms with E-state index < -0.39 is 17.1 Å². The number of aromatic amines is 1. The molecule has 6 nitrogen and oxygen atoms in total. The Morgan fingerprint density at radius 1 is 1.39 bits per heavy atom. The van der Waals surface area contributed by atoms with Gasteiger partial charge in [-0.1, -0.05) is 0 Å². The quantitative estimate of drug-likeness (QED) is 0.629. The summed E-state index contributed by atoms with van der Waals surface area (Å²) in [6, 6.07) is 0. The summed E-state index contributed by atoms with van der Waals surface area (Å²) in [5.74, 6) is -0.942. The topological polar surface area (TPSA) is 70.1 Å². The molecule has 1 aromatic heterocycles. The van der Waals surface area contributed by atoms with Crippen LogP contribution in [0.4, 0.5) is 4.39 Å². The number of aromatic nitrogens is 2. The molecule has 102 valence electrons. The van der Waals surface area contributed by atoms with Crippen LogP contribution in [-0.2, 0) is 6.54 Å². The Kier molecular flexibility index (Phi) is 5.73. The van der Waals surface area contributed by atoms with Crippen molar-refractivity contribution in [2.75, 3.05) is 33.7 Å². The minimum atomic E-state index is -0.977. The first-order chi connectivity index (χ1) is 8.50. The summed E-state index contributed by atoms with van der Waals surface area (Å²) in [4.78, 5) is 26.1. The highest BCUT2D eigenvalue weighted by Gasteiger charge is 2.02. The molecule has 0 aromatic carbocycles. The maximum atomic E-state index is 12.9. The van der Waals surface area contributed by atoms with Gasteiger partial charge in [0.25, 0.3) is 5.56 Å². The molecule has 0 fully saturated rings. The van der Waals surface area contributed by atoms with Crippen LogP contribution < -0.4 is 16.6 Å². The lowest BCUT2D eigenvalue weighted by molar-refractivity contribution is 0.393. The summed E-state index contributed by atoms with van der Waals surface area (Å²) in [6.07, 6.45) is 1.94. The van der Waals surface area contributed by atoms with Crippen LogP contribution in [0.2, 0.25) is 0 Å². The first kappa shape index (κ1) is 14.6. The molecular weight excluding hydrogens is 239 g/mol. The minimum Gasteiger partial charge on any atom is -0.315 e. The molecule has 0 spiro atoms. The summed E-state index contributed by atoms with van der Waals surface area (Å²) in [5, 5.41) is 3.15. The van der Waals surface area contributed by atoms with Crippen molar-refractivity contribution in [2.45, 2.75) is 13.0 Å². The van der Waals surface area contributed by atoms with Gasteiger partial charge in [0, 0.05) is 13.1 Å². The van der Waals surface area contributed by atoms with Crippen LogP contribution >= 0.6 is 0 Å². The van der Waals surface area contributed by atoms with Gasteiger partial charge in [0.05, 0.1) is 6.20 Å². The second-order valence-corrected chi connectivity index (χ2v) is 4.34. The first-order valence-corrected chi connectivity index (χ1v) is 5.85. The lowest BCUT2D eigenvalue weighted by atomic mass is 10.4. The highest BCUT2D eigenvalue weighted by atomic mass is 19.1. The number of hydrogen-bond acceptors (Lipinski definition) is 4. The molecule has 1 rings (SSSR count). The van der Waals surface area contributed by atoms with Crippen molar-refractivity contribution in [1.82, 2.24) is 19.8 Å². The molecule has 0 unspecified atom stereocenters. The van der Waals surface area contributed by atoms with Gasteiger partial charge in [0.1, 0.15) is 0 Å². The third-order valence-corrected chi connectivity index (χ3v) is 2.46. The zero-order valence-corrected chi connectivity index (χ0v) is 10.7. The van der Waals surface area contributed by atoms with Gasteiger partial charge in [-0.25, -0.2) is 4.79 Å². The van der Waals surface area contributed by atoms with Gasteiger partial charge in [-0.15, -0.1) is 0 Å². The molecule has 0 aliphatic heterocycles. The summed E-state index contributed by atoms with van der Waals surface area (Å²) in [5.41, 5.74) is -1.56. The molecule has 1 heterocycles. The molecule has 2 N–H and O–H groups in total. The van der Waals surface area contributed by atoms with Crippen LogP contribution in [0, 0.1) is 5.82 Å². The maximum absolute atomic E-state index is 12.9. The van der Waals surface area contributed by atoms with Crippen molar-refractivity contribution in [3.05, 3.63) is 32.9 Å². The first-order valence-electron chi connectivity index (χ1n) is 5.85. The Labute approximate surface area is 104 Å². The lowest BCUT2D eigenvalue weighted by Crippen LogP contribution is -2.34. The predicted molar refractivity (Wildman–Crippen MR) is 67.3 cm³/mol. The van der Waals surface area contributed by atoms with Gasteiger partial charge in [0.15, 0.2) is 0 Å². The van der Waals surface area contributed by atoms with E-state index in [0.29, 0.717) is 13.1 Å². The Morgan fingerprint density at radius 2 is 2.11 bits per heavy atom. The van der Waals surface area contributed by atoms with E-state index in [1.54, 1.807) is 0 Å². The smallest absolute Gasteiger partial charge is 0.315 e. The van der Waals surface area contributed by atoms with E-state index in [9.17, 15) is 14.0 Å². The number of nitrogens with one attached hydrogen (secondary N) is 2. The second-order valence-electron chi connectivity index (χ2n) is 4.34. The number of rotatable bonds is 7. The third-order valence-electron chi connectivity index (χ3n) is 2.46. The molecule has 0 amide bonds. The molecule has 18 heavy (non-hydrogen) atoms. The Balaban J connectivity index is 2.34. The van der Waals surface area contributed by atoms with Crippen LogP contribution in [0.5, 0.6) is 0 Å². The second kappa shape index (κ2) is 7.07. The van der Waals surface area contributed by atoms with E-state index in [-0.39, 0.29) is 0 Å². The molecular formula is C11H19FN4O2. The molecule has 1 aromatic rings. The van der Waals surface area contributed by atoms with E-state index in [4.69, 9.17) is 0 Å². The average molecular weight is 258 g/mol.